The van der Waals surface area contributed by atoms with E-state index in [1.54, 1.807) is 30.3 Å². The fraction of sp³-hybridized carbons (Fsp3) is 0.200. The van der Waals surface area contributed by atoms with Gasteiger partial charge in [0.25, 0.3) is 0 Å². The first-order valence-corrected chi connectivity index (χ1v) is 4.40. The number of carbonyl (C=O) groups excluding carboxylic acids is 2. The van der Waals surface area contributed by atoms with Crippen molar-refractivity contribution < 1.29 is 14.4 Å². The van der Waals surface area contributed by atoms with E-state index in [-0.39, 0.29) is 0 Å². The van der Waals surface area contributed by atoms with Crippen molar-refractivity contribution >= 4 is 17.7 Å². The fourth-order valence-corrected chi connectivity index (χ4v) is 1.00. The molecule has 1 N–H and O–H groups in total. The molecule has 0 radical (unpaired) electrons. The van der Waals surface area contributed by atoms with Crippen LogP contribution in [0, 0.1) is 0 Å². The summed E-state index contributed by atoms with van der Waals surface area (Å²) in [5, 5.41) is 3.28. The Kier molecular flexibility index (Phi) is 3.68. The predicted octanol–water partition coefficient (Wildman–Crippen LogP) is 1.31. The smallest absolute Gasteiger partial charge is 0.338 e. The number of amides is 2. The van der Waals surface area contributed by atoms with Crippen LogP contribution < -0.4 is 10.4 Å². The number of para-hydroxylation sites is 1. The van der Waals surface area contributed by atoms with Crippen LogP contribution in [-0.2, 0) is 9.63 Å². The van der Waals surface area contributed by atoms with Crippen molar-refractivity contribution in [2.24, 2.45) is 0 Å². The first-order valence-electron chi connectivity index (χ1n) is 4.40. The number of urea groups is 1. The maximum Gasteiger partial charge on any atom is 0.355 e. The summed E-state index contributed by atoms with van der Waals surface area (Å²) in [6.45, 7) is 1.23. The molecule has 0 bridgehead atoms. The molecule has 0 fully saturated rings. The highest BCUT2D eigenvalue weighted by molar-refractivity contribution is 5.91. The highest BCUT2D eigenvalue weighted by Gasteiger charge is 2.17. The number of hydroxylamine groups is 1. The number of carbonyl (C=O) groups is 2. The standard InChI is InChI=1S/C10H12N2O3/c1-8(13)15-12(10(14)11-2)9-6-4-3-5-7-9/h3-7H,1-2H3,(H,11,14). The SMILES string of the molecule is CNC(=O)N(OC(C)=O)c1ccccc1. The Hall–Kier alpha value is -2.04. The molecular weight excluding hydrogens is 196 g/mol. The lowest BCUT2D eigenvalue weighted by atomic mass is 10.3. The second kappa shape index (κ2) is 4.99. The molecule has 0 unspecified atom stereocenters. The summed E-state index contributed by atoms with van der Waals surface area (Å²) in [4.78, 5) is 27.0. The Bertz CT molecular complexity index is 351. The van der Waals surface area contributed by atoms with Crippen molar-refractivity contribution in [1.82, 2.24) is 5.32 Å². The van der Waals surface area contributed by atoms with E-state index in [0.717, 1.165) is 5.06 Å². The number of hydrogen-bond acceptors (Lipinski definition) is 3. The zero-order chi connectivity index (χ0) is 11.3. The van der Waals surface area contributed by atoms with Gasteiger partial charge in [0.2, 0.25) is 0 Å². The van der Waals surface area contributed by atoms with Gasteiger partial charge in [0.05, 0.1) is 5.69 Å². The molecule has 15 heavy (non-hydrogen) atoms. The van der Waals surface area contributed by atoms with Gasteiger partial charge in [-0.1, -0.05) is 18.2 Å². The molecule has 0 aromatic heterocycles. The zero-order valence-electron chi connectivity index (χ0n) is 8.56. The van der Waals surface area contributed by atoms with Crippen LogP contribution in [0.15, 0.2) is 30.3 Å². The number of anilines is 1. The van der Waals surface area contributed by atoms with Crippen LogP contribution in [0.1, 0.15) is 6.92 Å². The third-order valence-electron chi connectivity index (χ3n) is 1.61. The Morgan fingerprint density at radius 3 is 2.33 bits per heavy atom. The van der Waals surface area contributed by atoms with Crippen molar-refractivity contribution in [3.63, 3.8) is 0 Å². The molecule has 2 amide bonds. The van der Waals surface area contributed by atoms with Gasteiger partial charge < -0.3 is 10.2 Å². The molecule has 80 valence electrons. The molecule has 0 atom stereocenters. The minimum absolute atomic E-state index is 0.493. The van der Waals surface area contributed by atoms with Crippen LogP contribution in [0.4, 0.5) is 10.5 Å². The Morgan fingerprint density at radius 1 is 1.27 bits per heavy atom. The molecule has 0 saturated heterocycles. The largest absolute Gasteiger partial charge is 0.355 e. The summed E-state index contributed by atoms with van der Waals surface area (Å²) in [5.74, 6) is -0.553. The van der Waals surface area contributed by atoms with Gasteiger partial charge in [0.1, 0.15) is 0 Å². The Morgan fingerprint density at radius 2 is 1.87 bits per heavy atom. The lowest BCUT2D eigenvalue weighted by Crippen LogP contribution is -2.39. The molecule has 0 saturated carbocycles. The van der Waals surface area contributed by atoms with E-state index in [0.29, 0.717) is 5.69 Å². The summed E-state index contributed by atoms with van der Waals surface area (Å²) >= 11 is 0. The van der Waals surface area contributed by atoms with E-state index >= 15 is 0 Å². The van der Waals surface area contributed by atoms with E-state index in [2.05, 4.69) is 5.32 Å². The van der Waals surface area contributed by atoms with Crippen LogP contribution in [0.5, 0.6) is 0 Å². The topological polar surface area (TPSA) is 58.6 Å². The van der Waals surface area contributed by atoms with Crippen molar-refractivity contribution in [1.29, 1.82) is 0 Å². The summed E-state index contributed by atoms with van der Waals surface area (Å²) < 4.78 is 0. The van der Waals surface area contributed by atoms with E-state index in [1.165, 1.54) is 14.0 Å². The van der Waals surface area contributed by atoms with Crippen LogP contribution in [0.2, 0.25) is 0 Å². The van der Waals surface area contributed by atoms with E-state index < -0.39 is 12.0 Å². The van der Waals surface area contributed by atoms with E-state index in [1.807, 2.05) is 0 Å². The molecule has 5 heteroatoms. The quantitative estimate of drug-likeness (QED) is 0.708. The predicted molar refractivity (Wildman–Crippen MR) is 55.1 cm³/mol. The van der Waals surface area contributed by atoms with Gasteiger partial charge in [-0.3, -0.25) is 0 Å². The maximum atomic E-state index is 11.4. The second-order valence-electron chi connectivity index (χ2n) is 2.77. The summed E-state index contributed by atoms with van der Waals surface area (Å²) in [6, 6.07) is 8.12. The maximum absolute atomic E-state index is 11.4. The number of hydrogen-bond donors (Lipinski definition) is 1. The Balaban J connectivity index is 2.91. The number of benzene rings is 1. The van der Waals surface area contributed by atoms with Crippen LogP contribution >= 0.6 is 0 Å². The minimum Gasteiger partial charge on any atom is -0.338 e. The molecule has 0 aliphatic heterocycles. The highest BCUT2D eigenvalue weighted by Crippen LogP contribution is 2.13. The third kappa shape index (κ3) is 2.98. The van der Waals surface area contributed by atoms with Crippen molar-refractivity contribution in [2.75, 3.05) is 12.1 Å². The molecular formula is C10H12N2O3. The van der Waals surface area contributed by atoms with Gasteiger partial charge in [0, 0.05) is 14.0 Å². The number of nitrogens with one attached hydrogen (secondary N) is 1. The lowest BCUT2D eigenvalue weighted by Gasteiger charge is -2.19. The first kappa shape index (κ1) is 11.0. The molecule has 0 aliphatic rings. The lowest BCUT2D eigenvalue weighted by molar-refractivity contribution is -0.141. The molecule has 1 rings (SSSR count). The van der Waals surface area contributed by atoms with Crippen LogP contribution in [-0.4, -0.2) is 19.0 Å². The van der Waals surface area contributed by atoms with Crippen LogP contribution in [0.25, 0.3) is 0 Å². The average Bonchev–Trinajstić information content (AvgIpc) is 2.26. The zero-order valence-corrected chi connectivity index (χ0v) is 8.56. The monoisotopic (exact) mass is 208 g/mol. The molecule has 0 spiro atoms. The van der Waals surface area contributed by atoms with Gasteiger partial charge in [0.15, 0.2) is 0 Å². The number of rotatable bonds is 1. The van der Waals surface area contributed by atoms with Gasteiger partial charge >= 0.3 is 12.0 Å². The highest BCUT2D eigenvalue weighted by atomic mass is 16.7. The average molecular weight is 208 g/mol. The molecule has 1 aromatic rings. The summed E-state index contributed by atoms with van der Waals surface area (Å²) in [7, 11) is 1.46. The first-order chi connectivity index (χ1) is 7.15. The van der Waals surface area contributed by atoms with Gasteiger partial charge in [-0.15, -0.1) is 5.06 Å². The minimum atomic E-state index is -0.553. The van der Waals surface area contributed by atoms with Crippen molar-refractivity contribution in [2.45, 2.75) is 6.92 Å². The fourth-order valence-electron chi connectivity index (χ4n) is 1.00. The van der Waals surface area contributed by atoms with E-state index in [9.17, 15) is 9.59 Å². The molecule has 0 heterocycles. The normalized spacial score (nSPS) is 9.20. The van der Waals surface area contributed by atoms with Gasteiger partial charge in [-0.2, -0.15) is 0 Å². The van der Waals surface area contributed by atoms with Gasteiger partial charge in [-0.25, -0.2) is 9.59 Å². The summed E-state index contributed by atoms with van der Waals surface area (Å²) in [6.07, 6.45) is 0. The molecule has 5 nitrogen and oxygen atoms in total. The second-order valence-corrected chi connectivity index (χ2v) is 2.77. The Labute approximate surface area is 87.6 Å². The number of nitrogens with zero attached hydrogens (tertiary/aromatic N) is 1. The third-order valence-corrected chi connectivity index (χ3v) is 1.61. The van der Waals surface area contributed by atoms with Crippen LogP contribution in [0.3, 0.4) is 0 Å². The molecule has 0 aliphatic carbocycles. The summed E-state index contributed by atoms with van der Waals surface area (Å²) in [5.41, 5.74) is 0.493. The van der Waals surface area contributed by atoms with Gasteiger partial charge in [-0.05, 0) is 12.1 Å². The van der Waals surface area contributed by atoms with E-state index in [4.69, 9.17) is 4.84 Å². The van der Waals surface area contributed by atoms with Crippen molar-refractivity contribution in [3.8, 4) is 0 Å². The molecule has 1 aromatic carbocycles. The van der Waals surface area contributed by atoms with Crippen molar-refractivity contribution in [3.05, 3.63) is 30.3 Å².